The first-order valence-corrected chi connectivity index (χ1v) is 7.96. The predicted octanol–water partition coefficient (Wildman–Crippen LogP) is 3.64. The number of anilines is 2. The van der Waals surface area contributed by atoms with Gasteiger partial charge in [-0.15, -0.1) is 11.3 Å². The fourth-order valence-corrected chi connectivity index (χ4v) is 3.74. The van der Waals surface area contributed by atoms with E-state index >= 15 is 0 Å². The maximum absolute atomic E-state index is 12.1. The number of nitriles is 1. The highest BCUT2D eigenvalue weighted by Crippen LogP contribution is 2.37. The molecule has 108 valence electrons. The number of carbonyl (C=O) groups excluding carboxylic acids is 1. The van der Waals surface area contributed by atoms with E-state index in [0.717, 1.165) is 11.5 Å². The minimum atomic E-state index is -0.106. The van der Waals surface area contributed by atoms with Gasteiger partial charge >= 0.3 is 0 Å². The van der Waals surface area contributed by atoms with Crippen LogP contribution in [0.15, 0.2) is 0 Å². The minimum absolute atomic E-state index is 0.0120. The molecule has 0 unspecified atom stereocenters. The number of hydrogen-bond donors (Lipinski definition) is 2. The van der Waals surface area contributed by atoms with E-state index in [1.165, 1.54) is 37.0 Å². The van der Waals surface area contributed by atoms with Crippen LogP contribution in [0.1, 0.15) is 54.8 Å². The van der Waals surface area contributed by atoms with Crippen molar-refractivity contribution in [1.29, 1.82) is 5.26 Å². The van der Waals surface area contributed by atoms with E-state index in [2.05, 4.69) is 11.4 Å². The average Bonchev–Trinajstić information content (AvgIpc) is 3.03. The van der Waals surface area contributed by atoms with Gasteiger partial charge in [-0.1, -0.05) is 26.7 Å². The number of thiophene rings is 1. The van der Waals surface area contributed by atoms with Crippen LogP contribution in [0.4, 0.5) is 10.7 Å². The number of carbonyl (C=O) groups is 1. The topological polar surface area (TPSA) is 78.9 Å². The van der Waals surface area contributed by atoms with Gasteiger partial charge in [0, 0.05) is 12.5 Å². The van der Waals surface area contributed by atoms with Crippen LogP contribution in [0, 0.1) is 23.2 Å². The summed E-state index contributed by atoms with van der Waals surface area (Å²) in [6.07, 6.45) is 5.07. The van der Waals surface area contributed by atoms with E-state index < -0.39 is 0 Å². The predicted molar refractivity (Wildman–Crippen MR) is 83.1 cm³/mol. The molecule has 1 saturated carbocycles. The van der Waals surface area contributed by atoms with Crippen LogP contribution in [-0.2, 0) is 0 Å². The summed E-state index contributed by atoms with van der Waals surface area (Å²) in [5.41, 5.74) is 6.73. The largest absolute Gasteiger partial charge is 0.396 e. The van der Waals surface area contributed by atoms with Gasteiger partial charge in [-0.05, 0) is 18.8 Å². The Bertz CT molecular complexity index is 536. The van der Waals surface area contributed by atoms with Crippen molar-refractivity contribution in [1.82, 2.24) is 0 Å². The van der Waals surface area contributed by atoms with Crippen LogP contribution in [0.25, 0.3) is 0 Å². The number of rotatable bonds is 5. The van der Waals surface area contributed by atoms with Gasteiger partial charge in [-0.2, -0.15) is 5.26 Å². The molecule has 3 N–H and O–H groups in total. The summed E-state index contributed by atoms with van der Waals surface area (Å²) in [6.45, 7) is 4.56. The Labute approximate surface area is 124 Å². The lowest BCUT2D eigenvalue weighted by Gasteiger charge is -2.10. The van der Waals surface area contributed by atoms with E-state index in [1.807, 2.05) is 13.8 Å². The molecule has 0 bridgehead atoms. The lowest BCUT2D eigenvalue weighted by atomic mass is 10.1. The first kappa shape index (κ1) is 14.9. The van der Waals surface area contributed by atoms with Crippen molar-refractivity contribution >= 4 is 27.8 Å². The Kier molecular flexibility index (Phi) is 4.66. The zero-order chi connectivity index (χ0) is 14.7. The van der Waals surface area contributed by atoms with Crippen molar-refractivity contribution in [2.24, 2.45) is 11.8 Å². The summed E-state index contributed by atoms with van der Waals surface area (Å²) >= 11 is 1.32. The van der Waals surface area contributed by atoms with Gasteiger partial charge in [0.1, 0.15) is 16.6 Å². The Balaban J connectivity index is 2.17. The Hall–Kier alpha value is -1.54. The fraction of sp³-hybridized carbons (Fsp3) is 0.600. The van der Waals surface area contributed by atoms with E-state index in [9.17, 15) is 10.1 Å². The normalized spacial score (nSPS) is 15.5. The van der Waals surface area contributed by atoms with Crippen molar-refractivity contribution in [2.45, 2.75) is 39.5 Å². The molecule has 0 amide bonds. The lowest BCUT2D eigenvalue weighted by Crippen LogP contribution is -2.10. The summed E-state index contributed by atoms with van der Waals surface area (Å²) in [5.74, 6) is 0.581. The molecule has 0 aromatic carbocycles. The van der Waals surface area contributed by atoms with Crippen molar-refractivity contribution in [3.8, 4) is 6.07 Å². The van der Waals surface area contributed by atoms with Crippen LogP contribution in [0.5, 0.6) is 0 Å². The van der Waals surface area contributed by atoms with E-state index in [1.54, 1.807) is 0 Å². The van der Waals surface area contributed by atoms with Gasteiger partial charge in [0.05, 0.1) is 10.6 Å². The number of Topliss-reactive ketones (excluding diaryl/α,β-unsaturated/α-hetero) is 1. The third-order valence-electron chi connectivity index (χ3n) is 3.83. The Morgan fingerprint density at radius 1 is 1.50 bits per heavy atom. The van der Waals surface area contributed by atoms with Crippen LogP contribution < -0.4 is 11.1 Å². The molecule has 4 nitrogen and oxygen atoms in total. The first-order chi connectivity index (χ1) is 9.54. The monoisotopic (exact) mass is 291 g/mol. The molecule has 20 heavy (non-hydrogen) atoms. The second kappa shape index (κ2) is 6.27. The van der Waals surface area contributed by atoms with E-state index in [-0.39, 0.29) is 11.7 Å². The second-order valence-electron chi connectivity index (χ2n) is 5.71. The van der Waals surface area contributed by atoms with Gasteiger partial charge in [0.15, 0.2) is 5.78 Å². The van der Waals surface area contributed by atoms with Crippen molar-refractivity contribution in [2.75, 3.05) is 17.6 Å². The zero-order valence-electron chi connectivity index (χ0n) is 12.0. The molecule has 0 spiro atoms. The molecule has 1 heterocycles. The van der Waals surface area contributed by atoms with Gasteiger partial charge in [0.2, 0.25) is 0 Å². The molecule has 0 saturated heterocycles. The minimum Gasteiger partial charge on any atom is -0.396 e. The van der Waals surface area contributed by atoms with Gasteiger partial charge in [-0.3, -0.25) is 4.79 Å². The molecule has 0 aliphatic heterocycles. The third kappa shape index (κ3) is 2.96. The van der Waals surface area contributed by atoms with Gasteiger partial charge in [-0.25, -0.2) is 0 Å². The van der Waals surface area contributed by atoms with Crippen LogP contribution in [-0.4, -0.2) is 12.3 Å². The SMILES string of the molecule is CC(C)C(=O)c1sc(NCC2CCCC2)c(C#N)c1N. The van der Waals surface area contributed by atoms with Crippen molar-refractivity contribution in [3.05, 3.63) is 10.4 Å². The maximum Gasteiger partial charge on any atom is 0.177 e. The standard InChI is InChI=1S/C15H21N3OS/c1-9(2)13(19)14-12(17)11(7-16)15(20-14)18-8-10-5-3-4-6-10/h9-10,18H,3-6,8,17H2,1-2H3. The summed E-state index contributed by atoms with van der Waals surface area (Å²) in [5, 5.41) is 13.3. The highest BCUT2D eigenvalue weighted by Gasteiger charge is 2.23. The summed E-state index contributed by atoms with van der Waals surface area (Å²) in [6, 6.07) is 2.12. The fourth-order valence-electron chi connectivity index (χ4n) is 2.58. The summed E-state index contributed by atoms with van der Waals surface area (Å²) in [4.78, 5) is 12.6. The molecule has 0 radical (unpaired) electrons. The Morgan fingerprint density at radius 3 is 2.70 bits per heavy atom. The summed E-state index contributed by atoms with van der Waals surface area (Å²) in [7, 11) is 0. The Morgan fingerprint density at radius 2 is 2.15 bits per heavy atom. The van der Waals surface area contributed by atoms with Gasteiger partial charge in [0.25, 0.3) is 0 Å². The van der Waals surface area contributed by atoms with Crippen LogP contribution >= 0.6 is 11.3 Å². The molecule has 0 atom stereocenters. The lowest BCUT2D eigenvalue weighted by molar-refractivity contribution is 0.0944. The number of nitrogens with zero attached hydrogens (tertiary/aromatic N) is 1. The highest BCUT2D eigenvalue weighted by atomic mass is 32.1. The first-order valence-electron chi connectivity index (χ1n) is 7.15. The molecule has 1 aromatic rings. The van der Waals surface area contributed by atoms with Crippen LogP contribution in [0.3, 0.4) is 0 Å². The smallest absolute Gasteiger partial charge is 0.177 e. The average molecular weight is 291 g/mol. The quantitative estimate of drug-likeness (QED) is 0.812. The molecular weight excluding hydrogens is 270 g/mol. The second-order valence-corrected chi connectivity index (χ2v) is 6.73. The van der Waals surface area contributed by atoms with Gasteiger partial charge < -0.3 is 11.1 Å². The highest BCUT2D eigenvalue weighted by molar-refractivity contribution is 7.19. The third-order valence-corrected chi connectivity index (χ3v) is 5.01. The number of nitrogens with one attached hydrogen (secondary N) is 1. The molecule has 1 fully saturated rings. The number of nitrogen functional groups attached to an aromatic ring is 1. The van der Waals surface area contributed by atoms with Crippen LogP contribution in [0.2, 0.25) is 0 Å². The molecule has 1 aliphatic carbocycles. The summed E-state index contributed by atoms with van der Waals surface area (Å²) < 4.78 is 0. The number of ketones is 1. The zero-order valence-corrected chi connectivity index (χ0v) is 12.8. The van der Waals surface area contributed by atoms with E-state index in [0.29, 0.717) is 22.0 Å². The van der Waals surface area contributed by atoms with Crippen molar-refractivity contribution < 1.29 is 4.79 Å². The number of hydrogen-bond acceptors (Lipinski definition) is 5. The number of nitrogens with two attached hydrogens (primary N) is 1. The maximum atomic E-state index is 12.1. The molecular formula is C15H21N3OS. The molecule has 1 aliphatic rings. The molecule has 1 aromatic heterocycles. The van der Waals surface area contributed by atoms with E-state index in [4.69, 9.17) is 5.73 Å². The molecule has 2 rings (SSSR count). The molecule has 5 heteroatoms. The van der Waals surface area contributed by atoms with Crippen molar-refractivity contribution in [3.63, 3.8) is 0 Å².